The van der Waals surface area contributed by atoms with Crippen molar-refractivity contribution in [3.05, 3.63) is 51.0 Å². The number of nitrogens with one attached hydrogen (secondary N) is 2. The second-order valence-electron chi connectivity index (χ2n) is 5.17. The van der Waals surface area contributed by atoms with Gasteiger partial charge in [-0.05, 0) is 25.1 Å². The second-order valence-corrected chi connectivity index (χ2v) is 6.84. The molecular formula is C16H15Cl2N3OS. The van der Waals surface area contributed by atoms with Crippen LogP contribution in [0.25, 0.3) is 10.6 Å². The van der Waals surface area contributed by atoms with Crippen molar-refractivity contribution in [2.45, 2.75) is 6.42 Å². The van der Waals surface area contributed by atoms with E-state index in [1.165, 1.54) is 16.9 Å². The summed E-state index contributed by atoms with van der Waals surface area (Å²) in [6, 6.07) is 5.32. The van der Waals surface area contributed by atoms with E-state index in [1.54, 1.807) is 17.5 Å². The van der Waals surface area contributed by atoms with Crippen LogP contribution in [-0.2, 0) is 0 Å². The highest BCUT2D eigenvalue weighted by Crippen LogP contribution is 2.30. The Bertz CT molecular complexity index is 758. The lowest BCUT2D eigenvalue weighted by Crippen LogP contribution is -2.29. The van der Waals surface area contributed by atoms with Gasteiger partial charge in [-0.25, -0.2) is 4.98 Å². The van der Waals surface area contributed by atoms with Crippen LogP contribution in [0.5, 0.6) is 0 Å². The van der Waals surface area contributed by atoms with Gasteiger partial charge in [0.2, 0.25) is 0 Å². The molecule has 2 heterocycles. The first kappa shape index (κ1) is 16.5. The molecule has 3 rings (SSSR count). The van der Waals surface area contributed by atoms with Crippen LogP contribution in [0.15, 0.2) is 35.2 Å². The van der Waals surface area contributed by atoms with E-state index >= 15 is 0 Å². The van der Waals surface area contributed by atoms with Crippen molar-refractivity contribution in [2.75, 3.05) is 19.6 Å². The maximum Gasteiger partial charge on any atom is 0.271 e. The minimum absolute atomic E-state index is 0.160. The molecule has 23 heavy (non-hydrogen) atoms. The Labute approximate surface area is 148 Å². The monoisotopic (exact) mass is 367 g/mol. The predicted octanol–water partition coefficient (Wildman–Crippen LogP) is 3.77. The maximum atomic E-state index is 12.2. The lowest BCUT2D eigenvalue weighted by molar-refractivity contribution is 0.0952. The molecule has 0 atom stereocenters. The van der Waals surface area contributed by atoms with Gasteiger partial charge >= 0.3 is 0 Å². The lowest BCUT2D eigenvalue weighted by Gasteiger charge is -2.14. The van der Waals surface area contributed by atoms with Crippen LogP contribution in [0.2, 0.25) is 10.0 Å². The first-order valence-corrected chi connectivity index (χ1v) is 8.85. The van der Waals surface area contributed by atoms with E-state index in [2.05, 4.69) is 21.7 Å². The van der Waals surface area contributed by atoms with Crippen LogP contribution in [0.1, 0.15) is 16.9 Å². The Morgan fingerprint density at radius 3 is 2.96 bits per heavy atom. The van der Waals surface area contributed by atoms with E-state index in [9.17, 15) is 4.79 Å². The molecule has 2 aromatic rings. The molecule has 4 nitrogen and oxygen atoms in total. The zero-order valence-electron chi connectivity index (χ0n) is 12.2. The normalized spacial score (nSPS) is 14.4. The number of amides is 1. The molecule has 0 saturated carbocycles. The summed E-state index contributed by atoms with van der Waals surface area (Å²) in [6.45, 7) is 2.39. The molecule has 0 unspecified atom stereocenters. The van der Waals surface area contributed by atoms with E-state index in [4.69, 9.17) is 23.2 Å². The number of carbonyl (C=O) groups excluding carboxylic acids is 1. The molecule has 1 aliphatic heterocycles. The number of halogens is 2. The number of nitrogens with zero attached hydrogens (tertiary/aromatic N) is 1. The summed E-state index contributed by atoms with van der Waals surface area (Å²) in [5.41, 5.74) is 2.52. The number of thiazole rings is 1. The number of rotatable bonds is 4. The smallest absolute Gasteiger partial charge is 0.271 e. The fraction of sp³-hybridized carbons (Fsp3) is 0.250. The SMILES string of the molecule is O=C(NCC1=CCNCC1)c1csc(-c2ccc(Cl)c(Cl)c2)n1. The molecule has 0 bridgehead atoms. The average Bonchev–Trinajstić information content (AvgIpc) is 3.06. The Hall–Kier alpha value is -1.40. The second kappa shape index (κ2) is 7.45. The van der Waals surface area contributed by atoms with Crippen molar-refractivity contribution in [1.29, 1.82) is 0 Å². The van der Waals surface area contributed by atoms with E-state index in [1.807, 2.05) is 6.07 Å². The first-order chi connectivity index (χ1) is 11.1. The third-order valence-electron chi connectivity index (χ3n) is 3.54. The van der Waals surface area contributed by atoms with Crippen molar-refractivity contribution in [1.82, 2.24) is 15.6 Å². The van der Waals surface area contributed by atoms with Gasteiger partial charge in [0, 0.05) is 24.0 Å². The van der Waals surface area contributed by atoms with Gasteiger partial charge in [-0.3, -0.25) is 4.79 Å². The van der Waals surface area contributed by atoms with Crippen molar-refractivity contribution >= 4 is 40.4 Å². The van der Waals surface area contributed by atoms with Gasteiger partial charge in [-0.2, -0.15) is 0 Å². The fourth-order valence-corrected chi connectivity index (χ4v) is 3.35. The number of benzene rings is 1. The Balaban J connectivity index is 1.67. The van der Waals surface area contributed by atoms with Crippen LogP contribution in [0.4, 0.5) is 0 Å². The summed E-state index contributed by atoms with van der Waals surface area (Å²) in [7, 11) is 0. The van der Waals surface area contributed by atoms with Crippen LogP contribution in [0.3, 0.4) is 0 Å². The van der Waals surface area contributed by atoms with Crippen LogP contribution >= 0.6 is 34.5 Å². The molecule has 7 heteroatoms. The van der Waals surface area contributed by atoms with Crippen LogP contribution in [-0.4, -0.2) is 30.5 Å². The highest BCUT2D eigenvalue weighted by atomic mass is 35.5. The Morgan fingerprint density at radius 2 is 2.22 bits per heavy atom. The summed E-state index contributed by atoms with van der Waals surface area (Å²) in [6.07, 6.45) is 3.08. The molecular weight excluding hydrogens is 353 g/mol. The highest BCUT2D eigenvalue weighted by Gasteiger charge is 2.13. The Kier molecular flexibility index (Phi) is 5.33. The number of hydrogen-bond acceptors (Lipinski definition) is 4. The van der Waals surface area contributed by atoms with Gasteiger partial charge in [0.1, 0.15) is 10.7 Å². The minimum atomic E-state index is -0.160. The summed E-state index contributed by atoms with van der Waals surface area (Å²) < 4.78 is 0. The molecule has 1 aliphatic rings. The van der Waals surface area contributed by atoms with Gasteiger partial charge < -0.3 is 10.6 Å². The van der Waals surface area contributed by atoms with Crippen molar-refractivity contribution in [2.24, 2.45) is 0 Å². The average molecular weight is 368 g/mol. The molecule has 0 radical (unpaired) electrons. The minimum Gasteiger partial charge on any atom is -0.347 e. The van der Waals surface area contributed by atoms with Gasteiger partial charge in [-0.1, -0.05) is 40.9 Å². The number of hydrogen-bond donors (Lipinski definition) is 2. The van der Waals surface area contributed by atoms with E-state index < -0.39 is 0 Å². The highest BCUT2D eigenvalue weighted by molar-refractivity contribution is 7.13. The van der Waals surface area contributed by atoms with Gasteiger partial charge in [0.15, 0.2) is 0 Å². The van der Waals surface area contributed by atoms with Gasteiger partial charge in [0.05, 0.1) is 10.0 Å². The third-order valence-corrected chi connectivity index (χ3v) is 5.17. The molecule has 1 aromatic heterocycles. The van der Waals surface area contributed by atoms with Crippen LogP contribution < -0.4 is 10.6 Å². The fourth-order valence-electron chi connectivity index (χ4n) is 2.25. The van der Waals surface area contributed by atoms with Crippen molar-refractivity contribution < 1.29 is 4.79 Å². The van der Waals surface area contributed by atoms with Crippen molar-refractivity contribution in [3.63, 3.8) is 0 Å². The zero-order valence-corrected chi connectivity index (χ0v) is 14.6. The molecule has 1 aromatic carbocycles. The Morgan fingerprint density at radius 1 is 1.35 bits per heavy atom. The number of aromatic nitrogens is 1. The quantitative estimate of drug-likeness (QED) is 0.808. The van der Waals surface area contributed by atoms with E-state index in [0.717, 1.165) is 30.1 Å². The summed E-state index contributed by atoms with van der Waals surface area (Å²) in [5.74, 6) is -0.160. The largest absolute Gasteiger partial charge is 0.347 e. The third kappa shape index (κ3) is 4.12. The molecule has 120 valence electrons. The summed E-state index contributed by atoms with van der Waals surface area (Å²) >= 11 is 13.3. The van der Waals surface area contributed by atoms with E-state index in [0.29, 0.717) is 22.3 Å². The molecule has 0 spiro atoms. The molecule has 0 fully saturated rings. The topological polar surface area (TPSA) is 54.0 Å². The molecule has 2 N–H and O–H groups in total. The molecule has 0 aliphatic carbocycles. The zero-order chi connectivity index (χ0) is 16.2. The lowest BCUT2D eigenvalue weighted by atomic mass is 10.1. The van der Waals surface area contributed by atoms with Crippen LogP contribution in [0, 0.1) is 0 Å². The molecule has 0 saturated heterocycles. The summed E-state index contributed by atoms with van der Waals surface area (Å²) in [5, 5.41) is 9.63. The van der Waals surface area contributed by atoms with Crippen molar-refractivity contribution in [3.8, 4) is 10.6 Å². The first-order valence-electron chi connectivity index (χ1n) is 7.21. The maximum absolute atomic E-state index is 12.2. The van der Waals surface area contributed by atoms with Gasteiger partial charge in [-0.15, -0.1) is 11.3 Å². The molecule has 1 amide bonds. The number of carbonyl (C=O) groups is 1. The van der Waals surface area contributed by atoms with E-state index in [-0.39, 0.29) is 5.91 Å². The van der Waals surface area contributed by atoms with Gasteiger partial charge in [0.25, 0.3) is 5.91 Å². The predicted molar refractivity (Wildman–Crippen MR) is 95.5 cm³/mol. The standard InChI is InChI=1S/C16H15Cl2N3OS/c17-12-2-1-11(7-13(12)18)16-21-14(9-23-16)15(22)20-8-10-3-5-19-6-4-10/h1-3,7,9,19H,4-6,8H2,(H,20,22). The summed E-state index contributed by atoms with van der Waals surface area (Å²) in [4.78, 5) is 16.6.